The largest absolute Gasteiger partial charge is 0.390 e. The topological polar surface area (TPSA) is 42.4 Å². The summed E-state index contributed by atoms with van der Waals surface area (Å²) in [4.78, 5) is 5.12. The van der Waals surface area contributed by atoms with E-state index in [-0.39, 0.29) is 11.7 Å². The molecule has 1 heterocycles. The number of aliphatic hydroxyl groups is 1. The molecule has 14 heavy (non-hydrogen) atoms. The van der Waals surface area contributed by atoms with Gasteiger partial charge in [-0.05, 0) is 19.3 Å². The van der Waals surface area contributed by atoms with Crippen LogP contribution in [0.15, 0.2) is 11.7 Å². The lowest BCUT2D eigenvalue weighted by atomic mass is 9.75. The lowest BCUT2D eigenvalue weighted by Gasteiger charge is -2.44. The van der Waals surface area contributed by atoms with E-state index < -0.39 is 0 Å². The third kappa shape index (κ3) is 1.69. The highest BCUT2D eigenvalue weighted by molar-refractivity contribution is 7.09. The van der Waals surface area contributed by atoms with Gasteiger partial charge < -0.3 is 9.84 Å². The molecular weight excluding hydrogens is 198 g/mol. The molecule has 0 aromatic carbocycles. The van der Waals surface area contributed by atoms with Crippen LogP contribution in [0.1, 0.15) is 24.1 Å². The third-order valence-corrected chi connectivity index (χ3v) is 3.89. The molecule has 2 rings (SSSR count). The van der Waals surface area contributed by atoms with Crippen LogP contribution in [-0.4, -0.2) is 28.9 Å². The standard InChI is InChI=1S/C10H15NO2S/c1-13-10(3-2-4-10)9(12)5-8-6-11-7-14-8/h6-7,9,12H,2-5H2,1H3. The van der Waals surface area contributed by atoms with Gasteiger partial charge in [0, 0.05) is 24.6 Å². The Morgan fingerprint density at radius 1 is 1.71 bits per heavy atom. The van der Waals surface area contributed by atoms with E-state index in [0.29, 0.717) is 6.42 Å². The number of hydrogen-bond donors (Lipinski definition) is 1. The number of ether oxygens (including phenoxy) is 1. The Bertz CT molecular complexity index is 277. The van der Waals surface area contributed by atoms with Crippen molar-refractivity contribution in [3.05, 3.63) is 16.6 Å². The molecule has 1 aliphatic carbocycles. The van der Waals surface area contributed by atoms with E-state index in [0.717, 1.165) is 24.1 Å². The maximum atomic E-state index is 10.0. The normalized spacial score (nSPS) is 21.6. The van der Waals surface area contributed by atoms with Crippen LogP contribution >= 0.6 is 11.3 Å². The number of nitrogens with zero attached hydrogens (tertiary/aromatic N) is 1. The zero-order valence-corrected chi connectivity index (χ0v) is 9.09. The van der Waals surface area contributed by atoms with Crippen LogP contribution in [0.25, 0.3) is 0 Å². The van der Waals surface area contributed by atoms with E-state index in [2.05, 4.69) is 4.98 Å². The van der Waals surface area contributed by atoms with Gasteiger partial charge in [-0.3, -0.25) is 4.98 Å². The predicted octanol–water partition coefficient (Wildman–Crippen LogP) is 1.62. The molecule has 0 radical (unpaired) electrons. The van der Waals surface area contributed by atoms with Crippen molar-refractivity contribution in [2.45, 2.75) is 37.4 Å². The van der Waals surface area contributed by atoms with E-state index in [1.54, 1.807) is 24.0 Å². The number of methoxy groups -OCH3 is 1. The minimum atomic E-state index is -0.387. The van der Waals surface area contributed by atoms with Crippen molar-refractivity contribution < 1.29 is 9.84 Å². The summed E-state index contributed by atoms with van der Waals surface area (Å²) in [6.07, 6.45) is 5.20. The van der Waals surface area contributed by atoms with Gasteiger partial charge >= 0.3 is 0 Å². The Hall–Kier alpha value is -0.450. The fraction of sp³-hybridized carbons (Fsp3) is 0.700. The monoisotopic (exact) mass is 213 g/mol. The highest BCUT2D eigenvalue weighted by Crippen LogP contribution is 2.39. The molecule has 1 aromatic rings. The van der Waals surface area contributed by atoms with Crippen LogP contribution in [0.4, 0.5) is 0 Å². The fourth-order valence-corrected chi connectivity index (χ4v) is 2.55. The average Bonchev–Trinajstić information content (AvgIpc) is 2.55. The second-order valence-electron chi connectivity index (χ2n) is 3.81. The third-order valence-electron chi connectivity index (χ3n) is 3.09. The molecule has 1 unspecified atom stereocenters. The molecule has 1 N–H and O–H groups in total. The molecule has 1 aliphatic rings. The van der Waals surface area contributed by atoms with Gasteiger partial charge in [0.2, 0.25) is 0 Å². The molecule has 1 aromatic heterocycles. The summed E-state index contributed by atoms with van der Waals surface area (Å²) in [5, 5.41) is 10.0. The van der Waals surface area contributed by atoms with Crippen LogP contribution in [0, 0.1) is 0 Å². The average molecular weight is 213 g/mol. The van der Waals surface area contributed by atoms with Gasteiger partial charge in [0.1, 0.15) is 0 Å². The lowest BCUT2D eigenvalue weighted by molar-refractivity contribution is -0.148. The first-order valence-electron chi connectivity index (χ1n) is 4.87. The summed E-state index contributed by atoms with van der Waals surface area (Å²) >= 11 is 1.59. The number of hydrogen-bond acceptors (Lipinski definition) is 4. The van der Waals surface area contributed by atoms with Crippen LogP contribution in [0.3, 0.4) is 0 Å². The molecule has 1 saturated carbocycles. The van der Waals surface area contributed by atoms with Gasteiger partial charge in [-0.2, -0.15) is 0 Å². The highest BCUT2D eigenvalue weighted by Gasteiger charge is 2.43. The Morgan fingerprint density at radius 3 is 2.93 bits per heavy atom. The first-order chi connectivity index (χ1) is 6.77. The van der Waals surface area contributed by atoms with Crippen LogP contribution in [0.5, 0.6) is 0 Å². The zero-order chi connectivity index (χ0) is 10.0. The predicted molar refractivity (Wildman–Crippen MR) is 55.4 cm³/mol. The van der Waals surface area contributed by atoms with Crippen molar-refractivity contribution in [2.75, 3.05) is 7.11 Å². The van der Waals surface area contributed by atoms with Crippen molar-refractivity contribution in [3.63, 3.8) is 0 Å². The summed E-state index contributed by atoms with van der Waals surface area (Å²) in [6.45, 7) is 0. The molecule has 0 bridgehead atoms. The molecule has 78 valence electrons. The van der Waals surface area contributed by atoms with Crippen LogP contribution < -0.4 is 0 Å². The summed E-state index contributed by atoms with van der Waals surface area (Å²) in [5.74, 6) is 0. The zero-order valence-electron chi connectivity index (χ0n) is 8.27. The van der Waals surface area contributed by atoms with Gasteiger partial charge in [0.05, 0.1) is 17.2 Å². The summed E-state index contributed by atoms with van der Waals surface area (Å²) < 4.78 is 5.42. The summed E-state index contributed by atoms with van der Waals surface area (Å²) in [5.41, 5.74) is 1.52. The fourth-order valence-electron chi connectivity index (χ4n) is 1.92. The van der Waals surface area contributed by atoms with Crippen LogP contribution in [0.2, 0.25) is 0 Å². The molecular formula is C10H15NO2S. The van der Waals surface area contributed by atoms with E-state index in [9.17, 15) is 5.11 Å². The van der Waals surface area contributed by atoms with Crippen molar-refractivity contribution >= 4 is 11.3 Å². The van der Waals surface area contributed by atoms with Crippen molar-refractivity contribution in [2.24, 2.45) is 0 Å². The molecule has 0 amide bonds. The Labute approximate surface area is 87.7 Å². The van der Waals surface area contributed by atoms with Gasteiger partial charge in [-0.15, -0.1) is 11.3 Å². The number of aromatic nitrogens is 1. The minimum Gasteiger partial charge on any atom is -0.390 e. The molecule has 0 spiro atoms. The maximum Gasteiger partial charge on any atom is 0.0940 e. The first-order valence-corrected chi connectivity index (χ1v) is 5.75. The highest BCUT2D eigenvalue weighted by atomic mass is 32.1. The number of aliphatic hydroxyl groups excluding tert-OH is 1. The van der Waals surface area contributed by atoms with Crippen LogP contribution in [-0.2, 0) is 11.2 Å². The molecule has 4 heteroatoms. The second kappa shape index (κ2) is 3.96. The Balaban J connectivity index is 1.98. The quantitative estimate of drug-likeness (QED) is 0.826. The molecule has 1 atom stereocenters. The van der Waals surface area contributed by atoms with Gasteiger partial charge in [-0.1, -0.05) is 0 Å². The van der Waals surface area contributed by atoms with Crippen molar-refractivity contribution in [1.29, 1.82) is 0 Å². The summed E-state index contributed by atoms with van der Waals surface area (Å²) in [7, 11) is 1.69. The van der Waals surface area contributed by atoms with Crippen molar-refractivity contribution in [1.82, 2.24) is 4.98 Å². The van der Waals surface area contributed by atoms with E-state index >= 15 is 0 Å². The maximum absolute atomic E-state index is 10.0. The number of thiazole rings is 1. The number of rotatable bonds is 4. The van der Waals surface area contributed by atoms with Gasteiger partial charge in [0.15, 0.2) is 0 Å². The summed E-state index contributed by atoms with van der Waals surface area (Å²) in [6, 6.07) is 0. The Kier molecular flexibility index (Phi) is 2.85. The van der Waals surface area contributed by atoms with E-state index in [1.165, 1.54) is 0 Å². The van der Waals surface area contributed by atoms with Crippen molar-refractivity contribution in [3.8, 4) is 0 Å². The van der Waals surface area contributed by atoms with Gasteiger partial charge in [0.25, 0.3) is 0 Å². The molecule has 3 nitrogen and oxygen atoms in total. The van der Waals surface area contributed by atoms with Gasteiger partial charge in [-0.25, -0.2) is 0 Å². The van der Waals surface area contributed by atoms with E-state index in [1.807, 2.05) is 6.20 Å². The smallest absolute Gasteiger partial charge is 0.0940 e. The minimum absolute atomic E-state index is 0.274. The lowest BCUT2D eigenvalue weighted by Crippen LogP contribution is -2.50. The molecule has 1 fully saturated rings. The SMILES string of the molecule is COC1(C(O)Cc2cncs2)CCC1. The Morgan fingerprint density at radius 2 is 2.50 bits per heavy atom. The molecule has 0 saturated heterocycles. The first kappa shape index (κ1) is 10.1. The molecule has 0 aliphatic heterocycles. The second-order valence-corrected chi connectivity index (χ2v) is 4.78. The van der Waals surface area contributed by atoms with E-state index in [4.69, 9.17) is 4.74 Å².